The third kappa shape index (κ3) is 10.1. The van der Waals surface area contributed by atoms with Gasteiger partial charge < -0.3 is 25.6 Å². The van der Waals surface area contributed by atoms with Gasteiger partial charge in [-0.15, -0.1) is 0 Å². The van der Waals surface area contributed by atoms with Crippen molar-refractivity contribution >= 4 is 23.4 Å². The molecule has 0 aromatic heterocycles. The van der Waals surface area contributed by atoms with Crippen LogP contribution in [-0.2, 0) is 9.63 Å². The standard InChI is InChI=1S/C36H47N5O5/c1-39-21-23-41(24-22-39)34(42)17-7-4-11-26-46-40(2)36(44)30-19-18-29(27-32(30)28-13-5-3-6-14-28)38-35(43)31-15-8-9-16-33(31)45-25-12-10-20-37/h3,5-6,8-9,13-16,18-19,27H,4,7,10-12,17,20-26,37H2,1-2H3,(H,38,43). The van der Waals surface area contributed by atoms with Gasteiger partial charge in [-0.1, -0.05) is 48.9 Å². The van der Waals surface area contributed by atoms with E-state index in [0.717, 1.165) is 63.8 Å². The first-order chi connectivity index (χ1) is 22.4. The summed E-state index contributed by atoms with van der Waals surface area (Å²) in [6.07, 6.45) is 4.56. The number of nitrogens with two attached hydrogens (primary N) is 1. The minimum Gasteiger partial charge on any atom is -0.493 e. The molecule has 1 saturated heterocycles. The number of carbonyl (C=O) groups excluding carboxylic acids is 3. The van der Waals surface area contributed by atoms with Gasteiger partial charge in [-0.3, -0.25) is 19.2 Å². The molecule has 0 unspecified atom stereocenters. The highest BCUT2D eigenvalue weighted by atomic mass is 16.7. The molecule has 10 heteroatoms. The van der Waals surface area contributed by atoms with E-state index in [9.17, 15) is 14.4 Å². The summed E-state index contributed by atoms with van der Waals surface area (Å²) in [5.41, 5.74) is 8.51. The number of unbranched alkanes of at least 4 members (excludes halogenated alkanes) is 3. The Balaban J connectivity index is 1.34. The van der Waals surface area contributed by atoms with Crippen molar-refractivity contribution in [1.29, 1.82) is 0 Å². The van der Waals surface area contributed by atoms with E-state index in [4.69, 9.17) is 15.3 Å². The molecule has 3 aromatic carbocycles. The molecular weight excluding hydrogens is 582 g/mol. The Morgan fingerprint density at radius 3 is 2.30 bits per heavy atom. The number of benzene rings is 3. The fourth-order valence-corrected chi connectivity index (χ4v) is 5.27. The summed E-state index contributed by atoms with van der Waals surface area (Å²) < 4.78 is 5.86. The molecule has 1 aliphatic rings. The van der Waals surface area contributed by atoms with Crippen molar-refractivity contribution in [2.75, 3.05) is 65.3 Å². The van der Waals surface area contributed by atoms with Crippen LogP contribution in [-0.4, -0.2) is 92.6 Å². The van der Waals surface area contributed by atoms with Gasteiger partial charge in [-0.05, 0) is 80.7 Å². The summed E-state index contributed by atoms with van der Waals surface area (Å²) in [6.45, 7) is 4.87. The topological polar surface area (TPSA) is 117 Å². The Morgan fingerprint density at radius 2 is 1.54 bits per heavy atom. The van der Waals surface area contributed by atoms with Crippen molar-refractivity contribution in [1.82, 2.24) is 14.9 Å². The van der Waals surface area contributed by atoms with E-state index in [1.807, 2.05) is 41.3 Å². The van der Waals surface area contributed by atoms with E-state index in [1.54, 1.807) is 43.4 Å². The van der Waals surface area contributed by atoms with Gasteiger partial charge in [0.25, 0.3) is 11.8 Å². The van der Waals surface area contributed by atoms with Gasteiger partial charge in [0, 0.05) is 50.9 Å². The Bertz CT molecular complexity index is 1430. The number of anilines is 1. The summed E-state index contributed by atoms with van der Waals surface area (Å²) in [7, 11) is 3.68. The van der Waals surface area contributed by atoms with Crippen LogP contribution in [0.3, 0.4) is 0 Å². The van der Waals surface area contributed by atoms with Crippen molar-refractivity contribution in [3.05, 3.63) is 83.9 Å². The maximum Gasteiger partial charge on any atom is 0.277 e. The lowest BCUT2D eigenvalue weighted by molar-refractivity contribution is -0.133. The molecule has 3 amide bonds. The van der Waals surface area contributed by atoms with Crippen LogP contribution in [0.25, 0.3) is 11.1 Å². The number of ether oxygens (including phenoxy) is 1. The van der Waals surface area contributed by atoms with Gasteiger partial charge >= 0.3 is 0 Å². The quantitative estimate of drug-likeness (QED) is 0.168. The van der Waals surface area contributed by atoms with Crippen LogP contribution in [0.5, 0.6) is 5.75 Å². The number of nitrogens with zero attached hydrogens (tertiary/aromatic N) is 3. The lowest BCUT2D eigenvalue weighted by atomic mass is 9.98. The van der Waals surface area contributed by atoms with Gasteiger partial charge in [-0.2, -0.15) is 0 Å². The van der Waals surface area contributed by atoms with E-state index in [-0.39, 0.29) is 17.7 Å². The molecule has 0 spiro atoms. The van der Waals surface area contributed by atoms with E-state index in [1.165, 1.54) is 5.06 Å². The minimum absolute atomic E-state index is 0.213. The smallest absolute Gasteiger partial charge is 0.277 e. The Labute approximate surface area is 272 Å². The number of hydrogen-bond acceptors (Lipinski definition) is 7. The predicted octanol–water partition coefficient (Wildman–Crippen LogP) is 5.06. The third-order valence-electron chi connectivity index (χ3n) is 8.04. The number of nitrogens with one attached hydrogen (secondary N) is 1. The van der Waals surface area contributed by atoms with Crippen LogP contribution in [0.4, 0.5) is 5.69 Å². The molecule has 1 fully saturated rings. The molecule has 0 bridgehead atoms. The molecule has 3 N–H and O–H groups in total. The predicted molar refractivity (Wildman–Crippen MR) is 181 cm³/mol. The Kier molecular flexibility index (Phi) is 13.6. The molecular formula is C36H47N5O5. The molecule has 246 valence electrons. The second kappa shape index (κ2) is 18.0. The third-order valence-corrected chi connectivity index (χ3v) is 8.04. The average Bonchev–Trinajstić information content (AvgIpc) is 3.08. The van der Waals surface area contributed by atoms with Gasteiger partial charge in [0.05, 0.1) is 18.8 Å². The zero-order valence-electron chi connectivity index (χ0n) is 27.1. The molecule has 10 nitrogen and oxygen atoms in total. The van der Waals surface area contributed by atoms with Crippen molar-refractivity contribution in [2.24, 2.45) is 5.73 Å². The normalized spacial score (nSPS) is 13.3. The fourth-order valence-electron chi connectivity index (χ4n) is 5.27. The molecule has 0 aliphatic carbocycles. The number of piperazine rings is 1. The van der Waals surface area contributed by atoms with Crippen molar-refractivity contribution in [3.63, 3.8) is 0 Å². The first kappa shape index (κ1) is 34.6. The van der Waals surface area contributed by atoms with Crippen LogP contribution in [0.15, 0.2) is 72.8 Å². The number of para-hydroxylation sites is 1. The monoisotopic (exact) mass is 629 g/mol. The van der Waals surface area contributed by atoms with E-state index in [0.29, 0.717) is 54.3 Å². The highest BCUT2D eigenvalue weighted by molar-refractivity contribution is 6.07. The van der Waals surface area contributed by atoms with Crippen molar-refractivity contribution in [2.45, 2.75) is 38.5 Å². The lowest BCUT2D eigenvalue weighted by Gasteiger charge is -2.32. The van der Waals surface area contributed by atoms with Crippen LogP contribution < -0.4 is 15.8 Å². The van der Waals surface area contributed by atoms with Crippen LogP contribution in [0.1, 0.15) is 59.2 Å². The van der Waals surface area contributed by atoms with E-state index >= 15 is 0 Å². The Morgan fingerprint density at radius 1 is 0.826 bits per heavy atom. The van der Waals surface area contributed by atoms with Gasteiger partial charge in [0.1, 0.15) is 5.75 Å². The number of hydroxylamine groups is 2. The van der Waals surface area contributed by atoms with E-state index in [2.05, 4.69) is 17.3 Å². The highest BCUT2D eigenvalue weighted by Crippen LogP contribution is 2.29. The maximum atomic E-state index is 13.5. The zero-order valence-corrected chi connectivity index (χ0v) is 27.1. The summed E-state index contributed by atoms with van der Waals surface area (Å²) in [5, 5.41) is 4.22. The number of carbonyl (C=O) groups is 3. The number of amides is 3. The van der Waals surface area contributed by atoms with Crippen molar-refractivity contribution < 1.29 is 24.0 Å². The molecule has 4 rings (SSSR count). The molecule has 1 aliphatic heterocycles. The van der Waals surface area contributed by atoms with Crippen LogP contribution in [0.2, 0.25) is 0 Å². The summed E-state index contributed by atoms with van der Waals surface area (Å²) >= 11 is 0. The summed E-state index contributed by atoms with van der Waals surface area (Å²) in [5.74, 6) is 0.120. The second-order valence-electron chi connectivity index (χ2n) is 11.6. The average molecular weight is 630 g/mol. The summed E-state index contributed by atoms with van der Waals surface area (Å²) in [4.78, 5) is 49.3. The molecule has 46 heavy (non-hydrogen) atoms. The van der Waals surface area contributed by atoms with Gasteiger partial charge in [0.15, 0.2) is 0 Å². The van der Waals surface area contributed by atoms with E-state index < -0.39 is 0 Å². The first-order valence-corrected chi connectivity index (χ1v) is 16.2. The Hall–Kier alpha value is -4.25. The zero-order chi connectivity index (χ0) is 32.7. The van der Waals surface area contributed by atoms with Gasteiger partial charge in [0.2, 0.25) is 5.91 Å². The summed E-state index contributed by atoms with van der Waals surface area (Å²) in [6, 6.07) is 21.9. The highest BCUT2D eigenvalue weighted by Gasteiger charge is 2.21. The number of rotatable bonds is 16. The molecule has 0 radical (unpaired) electrons. The minimum atomic E-state index is -0.307. The number of likely N-dealkylation sites (N-methyl/N-ethyl adjacent to an activating group) is 1. The molecule has 3 aromatic rings. The largest absolute Gasteiger partial charge is 0.493 e. The molecule has 0 atom stereocenters. The first-order valence-electron chi connectivity index (χ1n) is 16.2. The lowest BCUT2D eigenvalue weighted by Crippen LogP contribution is -2.47. The molecule has 1 heterocycles. The second-order valence-corrected chi connectivity index (χ2v) is 11.6. The number of hydrogen-bond donors (Lipinski definition) is 2. The maximum absolute atomic E-state index is 13.5. The van der Waals surface area contributed by atoms with Crippen LogP contribution >= 0.6 is 0 Å². The molecule has 0 saturated carbocycles. The van der Waals surface area contributed by atoms with Crippen LogP contribution in [0, 0.1) is 0 Å². The SMILES string of the molecule is CN1CCN(C(=O)CCCCCON(C)C(=O)c2ccc(NC(=O)c3ccccc3OCCCCN)cc2-c2ccccc2)CC1. The van der Waals surface area contributed by atoms with Crippen molar-refractivity contribution in [3.8, 4) is 16.9 Å². The fraction of sp³-hybridized carbons (Fsp3) is 0.417. The van der Waals surface area contributed by atoms with Gasteiger partial charge in [-0.25, -0.2) is 5.06 Å².